The van der Waals surface area contributed by atoms with Gasteiger partial charge in [0.05, 0.1) is 36.0 Å². The molecule has 3 aromatic rings. The van der Waals surface area contributed by atoms with Crippen LogP contribution >= 0.6 is 0 Å². The zero-order valence-corrected chi connectivity index (χ0v) is 23.4. The maximum atomic E-state index is 13.6. The van der Waals surface area contributed by atoms with Gasteiger partial charge in [0.2, 0.25) is 0 Å². The Morgan fingerprint density at radius 1 is 0.950 bits per heavy atom. The van der Waals surface area contributed by atoms with Gasteiger partial charge in [0.25, 0.3) is 11.7 Å². The Morgan fingerprint density at radius 3 is 2.12 bits per heavy atom. The summed E-state index contributed by atoms with van der Waals surface area (Å²) in [6, 6.07) is 16.5. The lowest BCUT2D eigenvalue weighted by Crippen LogP contribution is -2.29. The van der Waals surface area contributed by atoms with E-state index in [-0.39, 0.29) is 34.2 Å². The number of aliphatic hydroxyl groups is 1. The number of hydrogen-bond donors (Lipinski definition) is 2. The molecule has 1 saturated heterocycles. The van der Waals surface area contributed by atoms with E-state index in [2.05, 4.69) is 0 Å². The van der Waals surface area contributed by atoms with E-state index in [0.29, 0.717) is 22.6 Å². The predicted molar refractivity (Wildman–Crippen MR) is 152 cm³/mol. The van der Waals surface area contributed by atoms with Gasteiger partial charge in [-0.2, -0.15) is 0 Å². The standard InChI is InChI=1S/C32H33NO7/c1-18(2)40-31(38)20-7-12-22(13-8-20)33-27(19-9-14-23(34)15-10-19)26(29(36)30(33)37)28(35)24-17-21(32(3,4)5)11-16-25(24)39-6/h7-18,27,34-35H,1-6H3/b28-26+. The summed E-state index contributed by atoms with van der Waals surface area (Å²) >= 11 is 0. The number of aromatic hydroxyl groups is 1. The fraction of sp³-hybridized carbons (Fsp3) is 0.281. The molecular weight excluding hydrogens is 510 g/mol. The van der Waals surface area contributed by atoms with Crippen molar-refractivity contribution < 1.29 is 34.1 Å². The number of phenolic OH excluding ortho intramolecular Hbond substituents is 1. The lowest BCUT2D eigenvalue weighted by Gasteiger charge is -2.26. The van der Waals surface area contributed by atoms with Crippen LogP contribution in [0.2, 0.25) is 0 Å². The van der Waals surface area contributed by atoms with Crippen molar-refractivity contribution in [2.75, 3.05) is 12.0 Å². The molecule has 1 aliphatic rings. The van der Waals surface area contributed by atoms with E-state index in [1.165, 1.54) is 36.3 Å². The van der Waals surface area contributed by atoms with Crippen molar-refractivity contribution >= 4 is 29.1 Å². The molecule has 0 saturated carbocycles. The van der Waals surface area contributed by atoms with Crippen molar-refractivity contribution in [1.82, 2.24) is 0 Å². The molecule has 40 heavy (non-hydrogen) atoms. The predicted octanol–water partition coefficient (Wildman–Crippen LogP) is 5.89. The highest BCUT2D eigenvalue weighted by Gasteiger charge is 2.47. The fourth-order valence-electron chi connectivity index (χ4n) is 4.62. The highest BCUT2D eigenvalue weighted by Crippen LogP contribution is 2.44. The number of aliphatic hydroxyl groups excluding tert-OH is 1. The minimum absolute atomic E-state index is 0.00765. The van der Waals surface area contributed by atoms with Gasteiger partial charge in [-0.05, 0) is 78.9 Å². The summed E-state index contributed by atoms with van der Waals surface area (Å²) in [4.78, 5) is 40.7. The second-order valence-electron chi connectivity index (χ2n) is 10.9. The van der Waals surface area contributed by atoms with Crippen LogP contribution in [0.4, 0.5) is 5.69 Å². The lowest BCUT2D eigenvalue weighted by molar-refractivity contribution is -0.132. The van der Waals surface area contributed by atoms with Crippen LogP contribution in [0.25, 0.3) is 5.76 Å². The molecule has 1 unspecified atom stereocenters. The third-order valence-corrected chi connectivity index (χ3v) is 6.70. The number of esters is 1. The number of amides is 1. The molecule has 0 radical (unpaired) electrons. The van der Waals surface area contributed by atoms with Crippen molar-refractivity contribution in [3.63, 3.8) is 0 Å². The summed E-state index contributed by atoms with van der Waals surface area (Å²) in [7, 11) is 1.46. The Bertz CT molecular complexity index is 1480. The minimum atomic E-state index is -1.02. The fourth-order valence-corrected chi connectivity index (χ4v) is 4.62. The molecule has 1 heterocycles. The van der Waals surface area contributed by atoms with Gasteiger partial charge in [-0.15, -0.1) is 0 Å². The van der Waals surface area contributed by atoms with Gasteiger partial charge in [-0.3, -0.25) is 14.5 Å². The molecule has 208 valence electrons. The van der Waals surface area contributed by atoms with Crippen LogP contribution in [0.15, 0.2) is 72.3 Å². The number of benzene rings is 3. The molecule has 1 atom stereocenters. The minimum Gasteiger partial charge on any atom is -0.508 e. The second-order valence-corrected chi connectivity index (χ2v) is 10.9. The molecule has 0 aliphatic carbocycles. The average Bonchev–Trinajstić information content (AvgIpc) is 3.17. The third-order valence-electron chi connectivity index (χ3n) is 6.70. The molecule has 8 heteroatoms. The van der Waals surface area contributed by atoms with E-state index in [0.717, 1.165) is 5.56 Å². The Hall–Kier alpha value is -4.59. The number of anilines is 1. The molecule has 1 aliphatic heterocycles. The van der Waals surface area contributed by atoms with Crippen molar-refractivity contribution in [1.29, 1.82) is 0 Å². The van der Waals surface area contributed by atoms with Gasteiger partial charge in [0.1, 0.15) is 17.3 Å². The molecule has 0 bridgehead atoms. The summed E-state index contributed by atoms with van der Waals surface area (Å²) < 4.78 is 10.8. The topological polar surface area (TPSA) is 113 Å². The summed E-state index contributed by atoms with van der Waals surface area (Å²) in [5.74, 6) is -2.25. The number of phenols is 1. The molecular formula is C32H33NO7. The number of rotatable bonds is 6. The van der Waals surface area contributed by atoms with Crippen molar-refractivity contribution in [2.45, 2.75) is 52.2 Å². The van der Waals surface area contributed by atoms with Crippen LogP contribution in [0, 0.1) is 0 Å². The first-order valence-electron chi connectivity index (χ1n) is 12.9. The monoisotopic (exact) mass is 543 g/mol. The van der Waals surface area contributed by atoms with Gasteiger partial charge in [0, 0.05) is 5.69 Å². The summed E-state index contributed by atoms with van der Waals surface area (Å²) in [6.45, 7) is 9.56. The van der Waals surface area contributed by atoms with Crippen LogP contribution in [-0.2, 0) is 19.7 Å². The molecule has 0 spiro atoms. The third kappa shape index (κ3) is 5.43. The van der Waals surface area contributed by atoms with Gasteiger partial charge in [0.15, 0.2) is 0 Å². The van der Waals surface area contributed by atoms with Crippen LogP contribution < -0.4 is 9.64 Å². The molecule has 1 amide bonds. The van der Waals surface area contributed by atoms with Crippen LogP contribution in [0.1, 0.15) is 67.7 Å². The Labute approximate surface area is 233 Å². The molecule has 0 aromatic heterocycles. The van der Waals surface area contributed by atoms with Gasteiger partial charge >= 0.3 is 5.97 Å². The van der Waals surface area contributed by atoms with Gasteiger partial charge in [-0.1, -0.05) is 39.0 Å². The number of hydrogen-bond acceptors (Lipinski definition) is 7. The molecule has 1 fully saturated rings. The zero-order valence-electron chi connectivity index (χ0n) is 23.4. The highest BCUT2D eigenvalue weighted by molar-refractivity contribution is 6.51. The smallest absolute Gasteiger partial charge is 0.338 e. The van der Waals surface area contributed by atoms with E-state index in [4.69, 9.17) is 9.47 Å². The first-order valence-corrected chi connectivity index (χ1v) is 12.9. The van der Waals surface area contributed by atoms with E-state index >= 15 is 0 Å². The van der Waals surface area contributed by atoms with Crippen molar-refractivity contribution in [3.05, 3.63) is 94.6 Å². The van der Waals surface area contributed by atoms with Crippen LogP contribution in [0.3, 0.4) is 0 Å². The Kier molecular flexibility index (Phi) is 7.73. The van der Waals surface area contributed by atoms with E-state index in [1.54, 1.807) is 50.2 Å². The van der Waals surface area contributed by atoms with E-state index in [1.807, 2.05) is 26.8 Å². The number of Topliss-reactive ketones (excluding diaryl/α,β-unsaturated/α-hetero) is 1. The average molecular weight is 544 g/mol. The lowest BCUT2D eigenvalue weighted by atomic mass is 9.85. The SMILES string of the molecule is COc1ccc(C(C)(C)C)cc1/C(O)=C1\C(=O)C(=O)N(c2ccc(C(=O)OC(C)C)cc2)C1c1ccc(O)cc1. The molecule has 4 rings (SSSR count). The maximum absolute atomic E-state index is 13.6. The van der Waals surface area contributed by atoms with Crippen molar-refractivity contribution in [2.24, 2.45) is 0 Å². The largest absolute Gasteiger partial charge is 0.508 e. The number of methoxy groups -OCH3 is 1. The Balaban J connectivity index is 1.91. The number of nitrogens with zero attached hydrogens (tertiary/aromatic N) is 1. The summed E-state index contributed by atoms with van der Waals surface area (Å²) in [6.07, 6.45) is -0.298. The van der Waals surface area contributed by atoms with Crippen LogP contribution in [0.5, 0.6) is 11.5 Å². The number of carbonyl (C=O) groups excluding carboxylic acids is 3. The molecule has 8 nitrogen and oxygen atoms in total. The molecule has 3 aromatic carbocycles. The Morgan fingerprint density at radius 2 is 1.57 bits per heavy atom. The zero-order chi connectivity index (χ0) is 29.4. The van der Waals surface area contributed by atoms with Gasteiger partial charge in [-0.25, -0.2) is 4.79 Å². The maximum Gasteiger partial charge on any atom is 0.338 e. The molecule has 2 N–H and O–H groups in total. The highest BCUT2D eigenvalue weighted by atomic mass is 16.5. The second kappa shape index (κ2) is 10.9. The van der Waals surface area contributed by atoms with E-state index < -0.39 is 23.7 Å². The summed E-state index contributed by atoms with van der Waals surface area (Å²) in [5.41, 5.74) is 1.92. The normalized spacial score (nSPS) is 16.9. The van der Waals surface area contributed by atoms with Crippen LogP contribution in [-0.4, -0.2) is 41.1 Å². The number of ketones is 1. The van der Waals surface area contributed by atoms with E-state index in [9.17, 15) is 24.6 Å². The summed E-state index contributed by atoms with van der Waals surface area (Å²) in [5, 5.41) is 21.5. The first-order chi connectivity index (χ1) is 18.8. The first kappa shape index (κ1) is 28.4. The quantitative estimate of drug-likeness (QED) is 0.172. The number of carbonyl (C=O) groups is 3. The van der Waals surface area contributed by atoms with Gasteiger partial charge < -0.3 is 19.7 Å². The van der Waals surface area contributed by atoms with Crippen molar-refractivity contribution in [3.8, 4) is 11.5 Å². The number of ether oxygens (including phenoxy) is 2.